The highest BCUT2D eigenvalue weighted by molar-refractivity contribution is 7.91. The Balaban J connectivity index is 1.71. The van der Waals surface area contributed by atoms with Gasteiger partial charge in [0.1, 0.15) is 22.7 Å². The summed E-state index contributed by atoms with van der Waals surface area (Å²) >= 11 is 19.2. The smallest absolute Gasteiger partial charge is 0.326 e. The number of piperazine rings is 1. The predicted octanol–water partition coefficient (Wildman–Crippen LogP) is 6.51. The van der Waals surface area contributed by atoms with E-state index in [-0.39, 0.29) is 51.2 Å². The SMILES string of the molecule is CCOc1cc(Cl)c(S(C)(=O)=O)cc1C1=NC(C)(c2ccc(Cl)cc2)C(C)(c2ccc(Cl)cc2)N1C(=O)N1CCN(CCS(=O)(=O)CC)CC1. The maximum Gasteiger partial charge on any atom is 0.326 e. The van der Waals surface area contributed by atoms with E-state index in [4.69, 9.17) is 44.5 Å². The van der Waals surface area contributed by atoms with Crippen molar-refractivity contribution in [1.82, 2.24) is 14.7 Å². The zero-order valence-electron chi connectivity index (χ0n) is 28.6. The number of amides is 2. The molecule has 1 saturated heterocycles. The molecule has 50 heavy (non-hydrogen) atoms. The van der Waals surface area contributed by atoms with Crippen LogP contribution in [0.25, 0.3) is 0 Å². The number of amidine groups is 1. The summed E-state index contributed by atoms with van der Waals surface area (Å²) in [6.07, 6.45) is 1.07. The number of carbonyl (C=O) groups excluding carboxylic acids is 1. The zero-order valence-corrected chi connectivity index (χ0v) is 32.5. The van der Waals surface area contributed by atoms with Gasteiger partial charge in [0, 0.05) is 60.8 Å². The molecule has 2 aliphatic rings. The van der Waals surface area contributed by atoms with Gasteiger partial charge in [0.05, 0.1) is 27.8 Å². The van der Waals surface area contributed by atoms with E-state index in [9.17, 15) is 16.8 Å². The van der Waals surface area contributed by atoms with Crippen molar-refractivity contribution < 1.29 is 26.4 Å². The highest BCUT2D eigenvalue weighted by Crippen LogP contribution is 2.54. The molecule has 2 unspecified atom stereocenters. The summed E-state index contributed by atoms with van der Waals surface area (Å²) < 4.78 is 56.3. The Morgan fingerprint density at radius 2 is 1.42 bits per heavy atom. The number of halogens is 3. The molecule has 0 bridgehead atoms. The van der Waals surface area contributed by atoms with Crippen molar-refractivity contribution in [3.63, 3.8) is 0 Å². The van der Waals surface area contributed by atoms with Gasteiger partial charge in [0.2, 0.25) is 0 Å². The molecule has 0 aliphatic carbocycles. The zero-order chi connectivity index (χ0) is 36.6. The van der Waals surface area contributed by atoms with Crippen LogP contribution in [0.2, 0.25) is 15.1 Å². The third kappa shape index (κ3) is 7.38. The first kappa shape index (κ1) is 38.4. The fourth-order valence-electron chi connectivity index (χ4n) is 6.55. The van der Waals surface area contributed by atoms with Crippen LogP contribution in [-0.2, 0) is 30.8 Å². The molecule has 0 aromatic heterocycles. The van der Waals surface area contributed by atoms with E-state index < -0.39 is 30.8 Å². The number of carbonyl (C=O) groups is 1. The number of benzene rings is 3. The van der Waals surface area contributed by atoms with Crippen molar-refractivity contribution in [2.75, 3.05) is 57.1 Å². The topological polar surface area (TPSA) is 117 Å². The van der Waals surface area contributed by atoms with E-state index >= 15 is 4.79 Å². The minimum atomic E-state index is -3.81. The number of nitrogens with zero attached hydrogens (tertiary/aromatic N) is 4. The maximum absolute atomic E-state index is 15.1. The Kier molecular flexibility index (Phi) is 11.2. The molecule has 2 aliphatic heterocycles. The number of sulfone groups is 2. The van der Waals surface area contributed by atoms with E-state index in [1.165, 1.54) is 12.1 Å². The van der Waals surface area contributed by atoms with Crippen LogP contribution in [0.5, 0.6) is 5.75 Å². The van der Waals surface area contributed by atoms with Gasteiger partial charge < -0.3 is 9.64 Å². The van der Waals surface area contributed by atoms with Gasteiger partial charge in [-0.15, -0.1) is 0 Å². The van der Waals surface area contributed by atoms with E-state index in [1.54, 1.807) is 47.9 Å². The van der Waals surface area contributed by atoms with E-state index in [0.29, 0.717) is 42.8 Å². The second kappa shape index (κ2) is 14.6. The van der Waals surface area contributed by atoms with Crippen LogP contribution in [0.4, 0.5) is 4.79 Å². The van der Waals surface area contributed by atoms with Gasteiger partial charge in [-0.3, -0.25) is 14.8 Å². The summed E-state index contributed by atoms with van der Waals surface area (Å²) in [6.45, 7) is 9.51. The molecule has 15 heteroatoms. The van der Waals surface area contributed by atoms with Crippen LogP contribution < -0.4 is 4.74 Å². The Labute approximate surface area is 309 Å². The maximum atomic E-state index is 15.1. The molecule has 3 aromatic rings. The number of urea groups is 1. The fraction of sp³-hybridized carbons (Fsp3) is 0.429. The summed E-state index contributed by atoms with van der Waals surface area (Å²) in [5.74, 6) is 0.593. The molecule has 0 radical (unpaired) electrons. The molecule has 2 heterocycles. The van der Waals surface area contributed by atoms with Crippen molar-refractivity contribution in [3.8, 4) is 5.75 Å². The Morgan fingerprint density at radius 1 is 0.860 bits per heavy atom. The lowest BCUT2D eigenvalue weighted by Gasteiger charge is -2.47. The molecular weight excluding hydrogens is 743 g/mol. The van der Waals surface area contributed by atoms with Gasteiger partial charge in [-0.1, -0.05) is 66.0 Å². The van der Waals surface area contributed by atoms with Crippen LogP contribution in [0.3, 0.4) is 0 Å². The lowest BCUT2D eigenvalue weighted by molar-refractivity contribution is 0.0880. The molecule has 0 N–H and O–H groups in total. The minimum absolute atomic E-state index is 0.0155. The molecule has 270 valence electrons. The number of rotatable bonds is 10. The number of aliphatic imine (C=N–C) groups is 1. The van der Waals surface area contributed by atoms with Crippen molar-refractivity contribution >= 4 is 66.3 Å². The lowest BCUT2D eigenvalue weighted by atomic mass is 9.71. The quantitative estimate of drug-likeness (QED) is 0.230. The number of ether oxygens (including phenoxy) is 1. The van der Waals surface area contributed by atoms with Gasteiger partial charge in [0.15, 0.2) is 19.7 Å². The van der Waals surface area contributed by atoms with Crippen LogP contribution >= 0.6 is 34.8 Å². The van der Waals surface area contributed by atoms with Crippen LogP contribution in [0.15, 0.2) is 70.6 Å². The average Bonchev–Trinajstić information content (AvgIpc) is 3.31. The van der Waals surface area contributed by atoms with Crippen LogP contribution in [0, 0.1) is 0 Å². The van der Waals surface area contributed by atoms with Gasteiger partial charge >= 0.3 is 6.03 Å². The molecule has 5 rings (SSSR count). The summed E-state index contributed by atoms with van der Waals surface area (Å²) in [4.78, 5) is 25.7. The molecular formula is C35H41Cl3N4O6S2. The first-order valence-corrected chi connectivity index (χ1v) is 21.1. The number of hydrogen-bond acceptors (Lipinski definition) is 8. The molecule has 2 atom stereocenters. The Hall–Kier alpha value is -2.87. The van der Waals surface area contributed by atoms with Crippen molar-refractivity contribution in [2.24, 2.45) is 4.99 Å². The van der Waals surface area contributed by atoms with Crippen LogP contribution in [0.1, 0.15) is 44.4 Å². The summed E-state index contributed by atoms with van der Waals surface area (Å²) in [5.41, 5.74) is -0.597. The molecule has 10 nitrogen and oxygen atoms in total. The third-order valence-corrected chi connectivity index (χ3v) is 13.5. The van der Waals surface area contributed by atoms with Gasteiger partial charge in [0.25, 0.3) is 0 Å². The average molecular weight is 784 g/mol. The second-order valence-corrected chi connectivity index (χ2v) is 18.5. The minimum Gasteiger partial charge on any atom is -0.493 e. The normalized spacial score (nSPS) is 21.7. The van der Waals surface area contributed by atoms with E-state index in [2.05, 4.69) is 0 Å². The fourth-order valence-corrected chi connectivity index (χ4v) is 8.95. The summed E-state index contributed by atoms with van der Waals surface area (Å²) in [5, 5.41) is 1.02. The molecule has 3 aromatic carbocycles. The standard InChI is InChI=1S/C35H41Cl3N4O6S2/c1-6-48-30-23-29(38)31(49(5,44)45)22-28(30)32-39-34(3,24-8-12-26(36)13-9-24)35(4,25-10-14-27(37)15-11-25)42(32)33(43)41-18-16-40(17-19-41)20-21-50(46,47)7-2/h8-15,22-23H,6-7,16-21H2,1-5H3. The molecule has 0 spiro atoms. The summed E-state index contributed by atoms with van der Waals surface area (Å²) in [6, 6.07) is 17.0. The highest BCUT2D eigenvalue weighted by atomic mass is 35.5. The molecule has 1 fully saturated rings. The Morgan fingerprint density at radius 3 is 1.94 bits per heavy atom. The van der Waals surface area contributed by atoms with Crippen LogP contribution in [-0.4, -0.2) is 100 Å². The Bertz CT molecular complexity index is 2000. The molecule has 2 amide bonds. The van der Waals surface area contributed by atoms with Gasteiger partial charge in [-0.05, 0) is 62.2 Å². The second-order valence-electron chi connectivity index (χ2n) is 12.8. The van der Waals surface area contributed by atoms with Crippen molar-refractivity contribution in [3.05, 3.63) is 92.4 Å². The number of hydrogen-bond donors (Lipinski definition) is 0. The van der Waals surface area contributed by atoms with Crippen molar-refractivity contribution in [1.29, 1.82) is 0 Å². The largest absolute Gasteiger partial charge is 0.493 e. The molecule has 0 saturated carbocycles. The monoisotopic (exact) mass is 782 g/mol. The van der Waals surface area contributed by atoms with Gasteiger partial charge in [-0.2, -0.15) is 0 Å². The van der Waals surface area contributed by atoms with E-state index in [1.807, 2.05) is 43.0 Å². The summed E-state index contributed by atoms with van der Waals surface area (Å²) in [7, 11) is -6.95. The first-order chi connectivity index (χ1) is 23.4. The third-order valence-electron chi connectivity index (χ3n) is 9.72. The van der Waals surface area contributed by atoms with E-state index in [0.717, 1.165) is 17.4 Å². The first-order valence-electron chi connectivity index (χ1n) is 16.3. The highest BCUT2D eigenvalue weighted by Gasteiger charge is 2.60. The lowest BCUT2D eigenvalue weighted by Crippen LogP contribution is -2.60. The van der Waals surface area contributed by atoms with Gasteiger partial charge in [-0.25, -0.2) is 21.6 Å². The van der Waals surface area contributed by atoms with Crippen molar-refractivity contribution in [2.45, 2.75) is 43.7 Å². The predicted molar refractivity (Wildman–Crippen MR) is 199 cm³/mol.